The Kier molecular flexibility index (Phi) is 4.65. The molecule has 2 aromatic carbocycles. The van der Waals surface area contributed by atoms with Gasteiger partial charge in [0.15, 0.2) is 0 Å². The largest absolute Gasteiger partial charge is 0.309 e. The summed E-state index contributed by atoms with van der Waals surface area (Å²) in [6.07, 6.45) is 0. The highest BCUT2D eigenvalue weighted by molar-refractivity contribution is 6.42. The van der Waals surface area contributed by atoms with Gasteiger partial charge in [-0.1, -0.05) is 59.6 Å². The fourth-order valence-electron chi connectivity index (χ4n) is 1.68. The summed E-state index contributed by atoms with van der Waals surface area (Å²) < 4.78 is 0. The molecule has 1 radical (unpaired) electrons. The minimum absolute atomic E-state index is 0.595. The normalized spacial score (nSPS) is 10.6. The van der Waals surface area contributed by atoms with E-state index in [1.165, 1.54) is 5.56 Å². The molecule has 0 spiro atoms. The minimum Gasteiger partial charge on any atom is -0.309 e. The van der Waals surface area contributed by atoms with Crippen molar-refractivity contribution in [3.8, 4) is 0 Å². The molecule has 2 rings (SSSR count). The molecule has 93 valence electrons. The third-order valence-electron chi connectivity index (χ3n) is 2.70. The molecule has 0 aromatic heterocycles. The van der Waals surface area contributed by atoms with E-state index in [2.05, 4.69) is 24.4 Å². The highest BCUT2D eigenvalue weighted by atomic mass is 35.5. The molecule has 0 fully saturated rings. The zero-order valence-electron chi connectivity index (χ0n) is 9.92. The molecule has 2 aromatic rings. The zero-order chi connectivity index (χ0) is 13.0. The van der Waals surface area contributed by atoms with Gasteiger partial charge >= 0.3 is 0 Å². The van der Waals surface area contributed by atoms with Crippen molar-refractivity contribution in [1.82, 2.24) is 5.32 Å². The van der Waals surface area contributed by atoms with Gasteiger partial charge in [0.2, 0.25) is 0 Å². The SMILES string of the molecule is [CH2]c1ccc(CNCc2cccc(Cl)c2Cl)cc1. The molecule has 0 aliphatic heterocycles. The lowest BCUT2D eigenvalue weighted by atomic mass is 10.1. The first-order valence-electron chi connectivity index (χ1n) is 5.71. The summed E-state index contributed by atoms with van der Waals surface area (Å²) in [4.78, 5) is 0. The molecule has 0 saturated heterocycles. The molecule has 0 heterocycles. The van der Waals surface area contributed by atoms with Gasteiger partial charge in [0.25, 0.3) is 0 Å². The molecule has 0 atom stereocenters. The topological polar surface area (TPSA) is 12.0 Å². The maximum atomic E-state index is 6.12. The fraction of sp³-hybridized carbons (Fsp3) is 0.133. The Bertz CT molecular complexity index is 521. The third kappa shape index (κ3) is 3.49. The molecule has 0 unspecified atom stereocenters. The van der Waals surface area contributed by atoms with Crippen LogP contribution in [-0.2, 0) is 13.1 Å². The molecule has 0 aliphatic rings. The number of halogens is 2. The second-order valence-electron chi connectivity index (χ2n) is 4.13. The van der Waals surface area contributed by atoms with Gasteiger partial charge < -0.3 is 5.32 Å². The number of benzene rings is 2. The summed E-state index contributed by atoms with van der Waals surface area (Å²) in [5.74, 6) is 0. The van der Waals surface area contributed by atoms with Crippen LogP contribution >= 0.6 is 23.2 Å². The summed E-state index contributed by atoms with van der Waals surface area (Å²) in [6.45, 7) is 5.35. The standard InChI is InChI=1S/C15H14Cl2N/c1-11-5-7-12(8-6-11)9-18-10-13-3-2-4-14(16)15(13)17/h2-8,18H,1,9-10H2. The highest BCUT2D eigenvalue weighted by Gasteiger charge is 2.03. The van der Waals surface area contributed by atoms with Crippen LogP contribution in [0.1, 0.15) is 16.7 Å². The van der Waals surface area contributed by atoms with Gasteiger partial charge in [0.1, 0.15) is 0 Å². The summed E-state index contributed by atoms with van der Waals surface area (Å²) in [5.41, 5.74) is 3.26. The number of hydrogen-bond acceptors (Lipinski definition) is 1. The molecule has 0 amide bonds. The van der Waals surface area contributed by atoms with E-state index in [0.717, 1.165) is 17.7 Å². The molecule has 0 saturated carbocycles. The number of nitrogens with one attached hydrogen (secondary N) is 1. The van der Waals surface area contributed by atoms with Gasteiger partial charge in [-0.3, -0.25) is 0 Å². The summed E-state index contributed by atoms with van der Waals surface area (Å²) in [7, 11) is 0. The van der Waals surface area contributed by atoms with Crippen LogP contribution in [0.15, 0.2) is 42.5 Å². The number of rotatable bonds is 4. The third-order valence-corrected chi connectivity index (χ3v) is 3.56. The molecular formula is C15H14Cl2N. The molecule has 0 aliphatic carbocycles. The van der Waals surface area contributed by atoms with Crippen molar-refractivity contribution in [3.63, 3.8) is 0 Å². The van der Waals surface area contributed by atoms with Gasteiger partial charge in [-0.15, -0.1) is 0 Å². The van der Waals surface area contributed by atoms with Crippen molar-refractivity contribution >= 4 is 23.2 Å². The van der Waals surface area contributed by atoms with Crippen molar-refractivity contribution in [2.45, 2.75) is 13.1 Å². The molecule has 0 bridgehead atoms. The Morgan fingerprint density at radius 1 is 0.944 bits per heavy atom. The van der Waals surface area contributed by atoms with Crippen LogP contribution in [0.4, 0.5) is 0 Å². The second kappa shape index (κ2) is 6.24. The van der Waals surface area contributed by atoms with E-state index in [9.17, 15) is 0 Å². The fourth-order valence-corrected chi connectivity index (χ4v) is 2.07. The first-order chi connectivity index (χ1) is 8.66. The van der Waals surface area contributed by atoms with Crippen LogP contribution in [-0.4, -0.2) is 0 Å². The molecule has 1 nitrogen and oxygen atoms in total. The molecular weight excluding hydrogens is 265 g/mol. The van der Waals surface area contributed by atoms with Crippen molar-refractivity contribution in [2.75, 3.05) is 0 Å². The van der Waals surface area contributed by atoms with Crippen molar-refractivity contribution in [2.24, 2.45) is 0 Å². The van der Waals surface area contributed by atoms with Gasteiger partial charge in [-0.25, -0.2) is 0 Å². The lowest BCUT2D eigenvalue weighted by Crippen LogP contribution is -2.12. The first kappa shape index (κ1) is 13.4. The van der Waals surface area contributed by atoms with E-state index in [-0.39, 0.29) is 0 Å². The zero-order valence-corrected chi connectivity index (χ0v) is 11.4. The van der Waals surface area contributed by atoms with Crippen molar-refractivity contribution in [3.05, 3.63) is 76.1 Å². The van der Waals surface area contributed by atoms with Gasteiger partial charge in [-0.2, -0.15) is 0 Å². The van der Waals surface area contributed by atoms with Crippen LogP contribution in [0.5, 0.6) is 0 Å². The summed E-state index contributed by atoms with van der Waals surface area (Å²) in [5, 5.41) is 4.56. The Labute approximate surface area is 118 Å². The lowest BCUT2D eigenvalue weighted by Gasteiger charge is -2.08. The monoisotopic (exact) mass is 278 g/mol. The predicted molar refractivity (Wildman–Crippen MR) is 77.9 cm³/mol. The maximum Gasteiger partial charge on any atom is 0.0637 e. The van der Waals surface area contributed by atoms with Crippen LogP contribution in [0.25, 0.3) is 0 Å². The molecule has 18 heavy (non-hydrogen) atoms. The maximum absolute atomic E-state index is 6.12. The van der Waals surface area contributed by atoms with Crippen molar-refractivity contribution < 1.29 is 0 Å². The average molecular weight is 279 g/mol. The van der Waals surface area contributed by atoms with Crippen molar-refractivity contribution in [1.29, 1.82) is 0 Å². The summed E-state index contributed by atoms with van der Waals surface area (Å²) >= 11 is 12.1. The van der Waals surface area contributed by atoms with Gasteiger partial charge in [0.05, 0.1) is 10.0 Å². The first-order valence-corrected chi connectivity index (χ1v) is 6.47. The van der Waals surface area contributed by atoms with E-state index in [1.807, 2.05) is 24.3 Å². The Morgan fingerprint density at radius 2 is 1.67 bits per heavy atom. The van der Waals surface area contributed by atoms with E-state index >= 15 is 0 Å². The Morgan fingerprint density at radius 3 is 2.39 bits per heavy atom. The molecule has 1 N–H and O–H groups in total. The predicted octanol–water partition coefficient (Wildman–Crippen LogP) is 4.47. The van der Waals surface area contributed by atoms with E-state index in [1.54, 1.807) is 6.07 Å². The van der Waals surface area contributed by atoms with Crippen LogP contribution in [0, 0.1) is 6.92 Å². The Hall–Kier alpha value is -1.02. The van der Waals surface area contributed by atoms with Crippen LogP contribution in [0.3, 0.4) is 0 Å². The average Bonchev–Trinajstić information content (AvgIpc) is 2.37. The smallest absolute Gasteiger partial charge is 0.0637 e. The Balaban J connectivity index is 1.92. The quantitative estimate of drug-likeness (QED) is 0.871. The van der Waals surface area contributed by atoms with E-state index in [0.29, 0.717) is 16.6 Å². The number of hydrogen-bond donors (Lipinski definition) is 1. The highest BCUT2D eigenvalue weighted by Crippen LogP contribution is 2.25. The van der Waals surface area contributed by atoms with E-state index in [4.69, 9.17) is 23.2 Å². The van der Waals surface area contributed by atoms with Crippen LogP contribution in [0.2, 0.25) is 10.0 Å². The molecule has 3 heteroatoms. The van der Waals surface area contributed by atoms with Crippen LogP contribution < -0.4 is 5.32 Å². The van der Waals surface area contributed by atoms with Gasteiger partial charge in [-0.05, 0) is 29.7 Å². The summed E-state index contributed by atoms with van der Waals surface area (Å²) in [6, 6.07) is 13.8. The van der Waals surface area contributed by atoms with Gasteiger partial charge in [0, 0.05) is 13.1 Å². The van der Waals surface area contributed by atoms with E-state index < -0.39 is 0 Å². The second-order valence-corrected chi connectivity index (χ2v) is 4.92. The lowest BCUT2D eigenvalue weighted by molar-refractivity contribution is 0.693. The minimum atomic E-state index is 0.595.